The molecule has 0 radical (unpaired) electrons. The van der Waals surface area contributed by atoms with Crippen LogP contribution in [0.25, 0.3) is 0 Å². The van der Waals surface area contributed by atoms with E-state index in [0.29, 0.717) is 12.8 Å². The van der Waals surface area contributed by atoms with E-state index in [0.717, 1.165) is 25.0 Å². The van der Waals surface area contributed by atoms with E-state index in [1.54, 1.807) is 0 Å². The van der Waals surface area contributed by atoms with Crippen LogP contribution in [-0.2, 0) is 10.0 Å². The van der Waals surface area contributed by atoms with E-state index in [-0.39, 0.29) is 40.5 Å². The predicted molar refractivity (Wildman–Crippen MR) is 86.2 cm³/mol. The zero-order chi connectivity index (χ0) is 16.4. The summed E-state index contributed by atoms with van der Waals surface area (Å²) in [7, 11) is -3.80. The molecule has 4 nitrogen and oxygen atoms in total. The Morgan fingerprint density at radius 3 is 2.13 bits per heavy atom. The molecule has 0 saturated heterocycles. The molecule has 1 fully saturated rings. The average Bonchev–Trinajstić information content (AvgIpc) is 2.86. The van der Waals surface area contributed by atoms with Gasteiger partial charge in [0.05, 0.1) is 4.90 Å². The Kier molecular flexibility index (Phi) is 6.80. The van der Waals surface area contributed by atoms with Crippen molar-refractivity contribution in [2.45, 2.75) is 46.5 Å². The predicted octanol–water partition coefficient (Wildman–Crippen LogP) is 3.27. The van der Waals surface area contributed by atoms with Crippen LogP contribution in [0.15, 0.2) is 34.1 Å². The molecule has 1 aliphatic carbocycles. The zero-order valence-electron chi connectivity index (χ0n) is 12.1. The lowest BCUT2D eigenvalue weighted by Crippen LogP contribution is -2.51. The van der Waals surface area contributed by atoms with Gasteiger partial charge in [0, 0.05) is 17.0 Å². The van der Waals surface area contributed by atoms with Gasteiger partial charge in [-0.25, -0.2) is 13.1 Å². The van der Waals surface area contributed by atoms with Gasteiger partial charge in [0.2, 0.25) is 10.0 Å². The first-order chi connectivity index (χ1) is 10.2. The molecule has 0 aromatic heterocycles. The Morgan fingerprint density at radius 1 is 1.17 bits per heavy atom. The molecule has 0 spiro atoms. The molecule has 0 bridgehead atoms. The summed E-state index contributed by atoms with van der Waals surface area (Å²) in [6.45, 7) is 0.203. The zero-order valence-corrected chi connectivity index (χ0v) is 14.5. The molecular weight excluding hydrogens is 373 g/mol. The first-order valence-corrected chi connectivity index (χ1v) is 9.06. The summed E-state index contributed by atoms with van der Waals surface area (Å²) in [5.74, 6) is 0. The van der Waals surface area contributed by atoms with Crippen LogP contribution >= 0.6 is 24.2 Å². The van der Waals surface area contributed by atoms with Gasteiger partial charge < -0.3 is 5.73 Å². The van der Waals surface area contributed by atoms with E-state index in [9.17, 15) is 21.6 Å². The number of thioether (sulfide) groups is 1. The second kappa shape index (κ2) is 7.60. The topological polar surface area (TPSA) is 72.2 Å². The van der Waals surface area contributed by atoms with Gasteiger partial charge >= 0.3 is 5.51 Å². The van der Waals surface area contributed by atoms with Crippen molar-refractivity contribution in [2.75, 3.05) is 6.54 Å². The maximum Gasteiger partial charge on any atom is 0.446 e. The molecule has 1 saturated carbocycles. The molecule has 1 aromatic rings. The lowest BCUT2D eigenvalue weighted by atomic mass is 10.0. The number of alkyl halides is 3. The van der Waals surface area contributed by atoms with Crippen LogP contribution in [-0.4, -0.2) is 26.0 Å². The number of halogens is 4. The summed E-state index contributed by atoms with van der Waals surface area (Å²) in [4.78, 5) is -0.111. The number of rotatable bonds is 5. The molecule has 10 heteroatoms. The maximum absolute atomic E-state index is 12.4. The van der Waals surface area contributed by atoms with Crippen molar-refractivity contribution in [1.82, 2.24) is 4.72 Å². The summed E-state index contributed by atoms with van der Waals surface area (Å²) in [5.41, 5.74) is 0.655. The first-order valence-electron chi connectivity index (χ1n) is 6.76. The number of hydrogen-bond acceptors (Lipinski definition) is 4. The van der Waals surface area contributed by atoms with Gasteiger partial charge in [-0.2, -0.15) is 13.2 Å². The van der Waals surface area contributed by atoms with Crippen molar-refractivity contribution in [2.24, 2.45) is 5.73 Å². The van der Waals surface area contributed by atoms with Crippen LogP contribution in [0, 0.1) is 0 Å². The minimum atomic E-state index is -4.40. The molecule has 3 N–H and O–H groups in total. The van der Waals surface area contributed by atoms with E-state index in [1.165, 1.54) is 12.1 Å². The van der Waals surface area contributed by atoms with Crippen molar-refractivity contribution >= 4 is 34.2 Å². The maximum atomic E-state index is 12.4. The molecule has 0 heterocycles. The summed E-state index contributed by atoms with van der Waals surface area (Å²) in [6.07, 6.45) is 3.15. The fourth-order valence-electron chi connectivity index (χ4n) is 2.56. The van der Waals surface area contributed by atoms with Crippen LogP contribution in [0.4, 0.5) is 13.2 Å². The average molecular weight is 391 g/mol. The number of sulfonamides is 1. The van der Waals surface area contributed by atoms with Gasteiger partial charge in [0.25, 0.3) is 0 Å². The molecule has 1 aliphatic rings. The van der Waals surface area contributed by atoms with Gasteiger partial charge in [0.1, 0.15) is 0 Å². The number of hydrogen-bond donors (Lipinski definition) is 2. The van der Waals surface area contributed by atoms with Gasteiger partial charge in [-0.05, 0) is 48.9 Å². The molecule has 0 aliphatic heterocycles. The van der Waals surface area contributed by atoms with E-state index in [1.807, 2.05) is 0 Å². The van der Waals surface area contributed by atoms with Crippen molar-refractivity contribution in [3.05, 3.63) is 24.3 Å². The number of nitrogens with one attached hydrogen (secondary N) is 1. The fourth-order valence-corrected chi connectivity index (χ4v) is 4.57. The van der Waals surface area contributed by atoms with Crippen LogP contribution in [0.2, 0.25) is 0 Å². The van der Waals surface area contributed by atoms with E-state index < -0.39 is 21.1 Å². The Morgan fingerprint density at radius 2 is 1.70 bits per heavy atom. The van der Waals surface area contributed by atoms with Crippen molar-refractivity contribution in [3.63, 3.8) is 0 Å². The minimum absolute atomic E-state index is 0. The lowest BCUT2D eigenvalue weighted by molar-refractivity contribution is -0.0328. The highest BCUT2D eigenvalue weighted by atomic mass is 35.5. The quantitative estimate of drug-likeness (QED) is 0.757. The van der Waals surface area contributed by atoms with Crippen molar-refractivity contribution in [1.29, 1.82) is 0 Å². The van der Waals surface area contributed by atoms with Gasteiger partial charge in [0.15, 0.2) is 0 Å². The normalized spacial score (nSPS) is 17.7. The first kappa shape index (κ1) is 20.6. The van der Waals surface area contributed by atoms with Crippen LogP contribution in [0.1, 0.15) is 25.7 Å². The molecule has 0 unspecified atom stereocenters. The van der Waals surface area contributed by atoms with Crippen LogP contribution < -0.4 is 10.5 Å². The largest absolute Gasteiger partial charge is 0.446 e. The lowest BCUT2D eigenvalue weighted by Gasteiger charge is -2.28. The Bertz CT molecular complexity index is 615. The summed E-state index contributed by atoms with van der Waals surface area (Å²) >= 11 is -0.278. The second-order valence-electron chi connectivity index (χ2n) is 5.32. The van der Waals surface area contributed by atoms with Crippen LogP contribution in [0.3, 0.4) is 0 Å². The Labute approximate surface area is 143 Å². The third-order valence-electron chi connectivity index (χ3n) is 3.67. The third kappa shape index (κ3) is 5.53. The van der Waals surface area contributed by atoms with Gasteiger partial charge in [-0.3, -0.25) is 0 Å². The summed E-state index contributed by atoms with van der Waals surface area (Å²) in [5, 5.41) is 0. The highest BCUT2D eigenvalue weighted by Gasteiger charge is 2.37. The van der Waals surface area contributed by atoms with Gasteiger partial charge in [-0.15, -0.1) is 12.4 Å². The van der Waals surface area contributed by atoms with E-state index >= 15 is 0 Å². The molecule has 23 heavy (non-hydrogen) atoms. The summed E-state index contributed by atoms with van der Waals surface area (Å²) < 4.78 is 64.1. The smallest absolute Gasteiger partial charge is 0.329 e. The molecule has 1 aromatic carbocycles. The van der Waals surface area contributed by atoms with E-state index in [2.05, 4.69) is 4.72 Å². The molecule has 2 rings (SSSR count). The molecule has 0 amide bonds. The van der Waals surface area contributed by atoms with Crippen molar-refractivity contribution < 1.29 is 21.6 Å². The fraction of sp³-hybridized carbons (Fsp3) is 0.538. The van der Waals surface area contributed by atoms with Crippen LogP contribution in [0.5, 0.6) is 0 Å². The van der Waals surface area contributed by atoms with Gasteiger partial charge in [-0.1, -0.05) is 12.8 Å². The Hall–Kier alpha value is -0.480. The SMILES string of the molecule is Cl.NCC1(NS(=O)(=O)c2ccc(SC(F)(F)F)cc2)CCCC1. The third-order valence-corrected chi connectivity index (χ3v) is 6.00. The highest BCUT2D eigenvalue weighted by molar-refractivity contribution is 8.00. The molecular formula is C13H18ClF3N2O2S2. The minimum Gasteiger partial charge on any atom is -0.329 e. The number of benzene rings is 1. The van der Waals surface area contributed by atoms with Crippen molar-refractivity contribution in [3.8, 4) is 0 Å². The Balaban J connectivity index is 0.00000264. The molecule has 132 valence electrons. The summed E-state index contributed by atoms with van der Waals surface area (Å²) in [6, 6.07) is 4.65. The molecule has 0 atom stereocenters. The highest BCUT2D eigenvalue weighted by Crippen LogP contribution is 2.37. The second-order valence-corrected chi connectivity index (χ2v) is 8.14. The number of nitrogens with two attached hydrogens (primary N) is 1. The monoisotopic (exact) mass is 390 g/mol. The standard InChI is InChI=1S/C13H17F3N2O2S2.ClH/c14-13(15,16)21-10-3-5-11(6-4-10)22(19,20)18-12(9-17)7-1-2-8-12;/h3-6,18H,1-2,7-9,17H2;1H. The van der Waals surface area contributed by atoms with E-state index in [4.69, 9.17) is 5.73 Å².